The van der Waals surface area contributed by atoms with E-state index >= 15 is 0 Å². The Balaban J connectivity index is 2.03. The second-order valence-electron chi connectivity index (χ2n) is 10.0. The zero-order valence-corrected chi connectivity index (χ0v) is 19.4. The smallest absolute Gasteiger partial charge is 0.0276 e. The van der Waals surface area contributed by atoms with Gasteiger partial charge in [0, 0.05) is 0 Å². The van der Waals surface area contributed by atoms with Crippen LogP contribution in [0.4, 0.5) is 0 Å². The predicted octanol–water partition coefficient (Wildman–Crippen LogP) is 9.00. The van der Waals surface area contributed by atoms with Crippen molar-refractivity contribution in [1.29, 1.82) is 0 Å². The summed E-state index contributed by atoms with van der Waals surface area (Å²) in [5.74, 6) is 3.57. The van der Waals surface area contributed by atoms with E-state index in [0.29, 0.717) is 0 Å². The molecule has 0 saturated carbocycles. The quantitative estimate of drug-likeness (QED) is 0.288. The van der Waals surface area contributed by atoms with E-state index in [1.165, 1.54) is 81.8 Å². The summed E-state index contributed by atoms with van der Waals surface area (Å²) in [7, 11) is 0. The van der Waals surface area contributed by atoms with Gasteiger partial charge in [0.25, 0.3) is 0 Å². The van der Waals surface area contributed by atoms with Crippen molar-refractivity contribution >= 4 is 0 Å². The summed E-state index contributed by atoms with van der Waals surface area (Å²) in [4.78, 5) is 0. The van der Waals surface area contributed by atoms with Crippen LogP contribution in [0.3, 0.4) is 0 Å². The lowest BCUT2D eigenvalue weighted by molar-refractivity contribution is 0.374. The number of hydrogen-bond acceptors (Lipinski definition) is 0. The Morgan fingerprint density at radius 2 is 1.11 bits per heavy atom. The molecule has 0 spiro atoms. The second kappa shape index (κ2) is 14.3. The van der Waals surface area contributed by atoms with Gasteiger partial charge in [0.1, 0.15) is 0 Å². The van der Waals surface area contributed by atoms with E-state index in [9.17, 15) is 0 Å². The van der Waals surface area contributed by atoms with Crippen LogP contribution in [0, 0.1) is 30.6 Å². The minimum absolute atomic E-state index is 0.860. The highest BCUT2D eigenvalue weighted by Crippen LogP contribution is 2.23. The third kappa shape index (κ3) is 13.1. The fourth-order valence-corrected chi connectivity index (χ4v) is 4.22. The fourth-order valence-electron chi connectivity index (χ4n) is 4.22. The summed E-state index contributed by atoms with van der Waals surface area (Å²) in [6.07, 6.45) is 15.4. The van der Waals surface area contributed by atoms with Gasteiger partial charge in [-0.1, -0.05) is 122 Å². The van der Waals surface area contributed by atoms with Gasteiger partial charge in [-0.15, -0.1) is 0 Å². The lowest BCUT2D eigenvalue weighted by atomic mass is 9.90. The standard InChI is InChI=1S/C27H48/c1-22(2)11-7-12-23(3)13-8-14-24(4)15-9-16-25(5)19-20-27-18-10-17-26(6)21-27/h10,17-18,21-25H,7-9,11-16,19-20H2,1-6H3. The molecule has 0 N–H and O–H groups in total. The van der Waals surface area contributed by atoms with Crippen LogP contribution in [0.25, 0.3) is 0 Å². The highest BCUT2D eigenvalue weighted by molar-refractivity contribution is 5.22. The van der Waals surface area contributed by atoms with Crippen molar-refractivity contribution in [3.05, 3.63) is 35.4 Å². The first-order valence-electron chi connectivity index (χ1n) is 11.9. The van der Waals surface area contributed by atoms with Gasteiger partial charge >= 0.3 is 0 Å². The SMILES string of the molecule is Cc1cccc(CCC(C)CCCC(C)CCCC(C)CCCC(C)C)c1. The Morgan fingerprint density at radius 3 is 1.59 bits per heavy atom. The van der Waals surface area contributed by atoms with Crippen LogP contribution in [-0.4, -0.2) is 0 Å². The summed E-state index contributed by atoms with van der Waals surface area (Å²) in [5, 5.41) is 0. The molecule has 0 heteroatoms. The molecule has 0 amide bonds. The molecule has 0 aliphatic rings. The molecule has 1 aromatic rings. The van der Waals surface area contributed by atoms with E-state index in [2.05, 4.69) is 65.8 Å². The summed E-state index contributed by atoms with van der Waals surface area (Å²) >= 11 is 0. The summed E-state index contributed by atoms with van der Waals surface area (Å²) < 4.78 is 0. The number of hydrogen-bond donors (Lipinski definition) is 0. The lowest BCUT2D eigenvalue weighted by Gasteiger charge is -2.16. The molecule has 3 unspecified atom stereocenters. The molecule has 27 heavy (non-hydrogen) atoms. The van der Waals surface area contributed by atoms with Crippen LogP contribution in [0.5, 0.6) is 0 Å². The Labute approximate surface area is 171 Å². The molecule has 156 valence electrons. The zero-order chi connectivity index (χ0) is 20.1. The van der Waals surface area contributed by atoms with E-state index in [1.54, 1.807) is 0 Å². The van der Waals surface area contributed by atoms with Crippen molar-refractivity contribution in [1.82, 2.24) is 0 Å². The van der Waals surface area contributed by atoms with Crippen molar-refractivity contribution in [2.45, 2.75) is 112 Å². The first kappa shape index (κ1) is 24.3. The third-order valence-electron chi connectivity index (χ3n) is 6.27. The van der Waals surface area contributed by atoms with Crippen LogP contribution in [0.1, 0.15) is 110 Å². The van der Waals surface area contributed by atoms with E-state index in [-0.39, 0.29) is 0 Å². The van der Waals surface area contributed by atoms with E-state index < -0.39 is 0 Å². The molecular weight excluding hydrogens is 324 g/mol. The predicted molar refractivity (Wildman–Crippen MR) is 123 cm³/mol. The monoisotopic (exact) mass is 372 g/mol. The third-order valence-corrected chi connectivity index (χ3v) is 6.27. The molecule has 0 aromatic heterocycles. The average Bonchev–Trinajstić information content (AvgIpc) is 2.60. The van der Waals surface area contributed by atoms with Gasteiger partial charge in [-0.25, -0.2) is 0 Å². The van der Waals surface area contributed by atoms with Crippen molar-refractivity contribution in [3.8, 4) is 0 Å². The van der Waals surface area contributed by atoms with E-state index in [0.717, 1.165) is 23.7 Å². The van der Waals surface area contributed by atoms with Gasteiger partial charge in [-0.2, -0.15) is 0 Å². The Hall–Kier alpha value is -0.780. The molecule has 0 nitrogen and oxygen atoms in total. The minimum Gasteiger partial charge on any atom is -0.0628 e. The molecule has 1 rings (SSSR count). The highest BCUT2D eigenvalue weighted by Gasteiger charge is 2.08. The minimum atomic E-state index is 0.860. The van der Waals surface area contributed by atoms with Gasteiger partial charge < -0.3 is 0 Å². The Kier molecular flexibility index (Phi) is 12.8. The molecule has 0 aliphatic carbocycles. The Morgan fingerprint density at radius 1 is 0.630 bits per heavy atom. The van der Waals surface area contributed by atoms with Crippen molar-refractivity contribution in [2.75, 3.05) is 0 Å². The van der Waals surface area contributed by atoms with Gasteiger partial charge in [-0.05, 0) is 49.0 Å². The molecule has 0 heterocycles. The Bertz CT molecular complexity index is 473. The maximum absolute atomic E-state index is 2.47. The first-order valence-corrected chi connectivity index (χ1v) is 11.9. The summed E-state index contributed by atoms with van der Waals surface area (Å²) in [6, 6.07) is 9.02. The number of benzene rings is 1. The first-order chi connectivity index (χ1) is 12.9. The maximum Gasteiger partial charge on any atom is -0.0276 e. The normalized spacial score (nSPS) is 15.1. The summed E-state index contributed by atoms with van der Waals surface area (Å²) in [6.45, 7) is 14.3. The number of aryl methyl sites for hydroxylation is 2. The summed E-state index contributed by atoms with van der Waals surface area (Å²) in [5.41, 5.74) is 2.90. The van der Waals surface area contributed by atoms with Gasteiger partial charge in [0.15, 0.2) is 0 Å². The fraction of sp³-hybridized carbons (Fsp3) is 0.778. The largest absolute Gasteiger partial charge is 0.0628 e. The highest BCUT2D eigenvalue weighted by atomic mass is 14.1. The molecule has 0 saturated heterocycles. The topological polar surface area (TPSA) is 0 Å². The molecule has 0 aliphatic heterocycles. The molecule has 3 atom stereocenters. The maximum atomic E-state index is 2.47. The number of rotatable bonds is 15. The van der Waals surface area contributed by atoms with Gasteiger partial charge in [0.05, 0.1) is 0 Å². The van der Waals surface area contributed by atoms with Crippen LogP contribution in [-0.2, 0) is 6.42 Å². The molecular formula is C27H48. The van der Waals surface area contributed by atoms with Crippen molar-refractivity contribution < 1.29 is 0 Å². The van der Waals surface area contributed by atoms with Crippen molar-refractivity contribution in [2.24, 2.45) is 23.7 Å². The molecule has 0 radical (unpaired) electrons. The van der Waals surface area contributed by atoms with E-state index in [4.69, 9.17) is 0 Å². The lowest BCUT2D eigenvalue weighted by Crippen LogP contribution is -2.02. The van der Waals surface area contributed by atoms with Gasteiger partial charge in [-0.3, -0.25) is 0 Å². The molecule has 0 fully saturated rings. The van der Waals surface area contributed by atoms with Crippen LogP contribution < -0.4 is 0 Å². The zero-order valence-electron chi connectivity index (χ0n) is 19.4. The average molecular weight is 373 g/mol. The van der Waals surface area contributed by atoms with Crippen molar-refractivity contribution in [3.63, 3.8) is 0 Å². The second-order valence-corrected chi connectivity index (χ2v) is 10.0. The van der Waals surface area contributed by atoms with Crippen LogP contribution in [0.15, 0.2) is 24.3 Å². The molecule has 1 aromatic carbocycles. The van der Waals surface area contributed by atoms with E-state index in [1.807, 2.05) is 0 Å². The van der Waals surface area contributed by atoms with Crippen LogP contribution >= 0.6 is 0 Å². The molecule has 0 bridgehead atoms. The van der Waals surface area contributed by atoms with Gasteiger partial charge in [0.2, 0.25) is 0 Å². The van der Waals surface area contributed by atoms with Crippen LogP contribution in [0.2, 0.25) is 0 Å².